The number of hydrogen-bond donors (Lipinski definition) is 1. The molecular weight excluding hydrogens is 416 g/mol. The van der Waals surface area contributed by atoms with Crippen molar-refractivity contribution in [1.82, 2.24) is 9.62 Å². The summed E-state index contributed by atoms with van der Waals surface area (Å²) in [6, 6.07) is 12.2. The van der Waals surface area contributed by atoms with Crippen LogP contribution in [0.2, 0.25) is 0 Å². The first kappa shape index (κ1) is 23.1. The molecule has 8 heteroatoms. The Hall–Kier alpha value is -2.58. The molecule has 0 bridgehead atoms. The van der Waals surface area contributed by atoms with Crippen molar-refractivity contribution >= 4 is 15.9 Å². The van der Waals surface area contributed by atoms with Gasteiger partial charge in [0.05, 0.1) is 19.1 Å². The van der Waals surface area contributed by atoms with Crippen molar-refractivity contribution in [3.8, 4) is 11.5 Å². The second kappa shape index (κ2) is 10.2. The van der Waals surface area contributed by atoms with Gasteiger partial charge in [-0.3, -0.25) is 4.79 Å². The summed E-state index contributed by atoms with van der Waals surface area (Å²) in [4.78, 5) is 15.2. The average molecular weight is 447 g/mol. The number of methoxy groups -OCH3 is 2. The maximum atomic E-state index is 13.2. The fourth-order valence-corrected chi connectivity index (χ4v) is 4.73. The number of nitrogens with one attached hydrogen (secondary N) is 1. The van der Waals surface area contributed by atoms with Crippen LogP contribution in [0.4, 0.5) is 0 Å². The van der Waals surface area contributed by atoms with Gasteiger partial charge in [0.2, 0.25) is 10.0 Å². The fourth-order valence-electron chi connectivity index (χ4n) is 4.00. The van der Waals surface area contributed by atoms with Crippen molar-refractivity contribution in [2.45, 2.75) is 43.0 Å². The highest BCUT2D eigenvalue weighted by atomic mass is 32.2. The first-order chi connectivity index (χ1) is 14.9. The van der Waals surface area contributed by atoms with Crippen LogP contribution in [0, 0.1) is 0 Å². The summed E-state index contributed by atoms with van der Waals surface area (Å²) < 4.78 is 36.8. The quantitative estimate of drug-likeness (QED) is 0.673. The van der Waals surface area contributed by atoms with Crippen LogP contribution in [0.25, 0.3) is 0 Å². The lowest BCUT2D eigenvalue weighted by atomic mass is 9.95. The molecule has 168 valence electrons. The van der Waals surface area contributed by atoms with Crippen LogP contribution in [0.3, 0.4) is 0 Å². The van der Waals surface area contributed by atoms with Crippen LogP contribution in [-0.4, -0.2) is 53.1 Å². The molecule has 7 nitrogen and oxygen atoms in total. The molecule has 1 saturated heterocycles. The molecule has 1 fully saturated rings. The zero-order chi connectivity index (χ0) is 22.4. The van der Waals surface area contributed by atoms with Crippen LogP contribution in [-0.2, 0) is 16.4 Å². The van der Waals surface area contributed by atoms with E-state index in [1.54, 1.807) is 26.4 Å². The zero-order valence-corrected chi connectivity index (χ0v) is 19.1. The van der Waals surface area contributed by atoms with E-state index >= 15 is 0 Å². The first-order valence-electron chi connectivity index (χ1n) is 10.4. The largest absolute Gasteiger partial charge is 0.493 e. The first-order valence-corrected chi connectivity index (χ1v) is 11.9. The van der Waals surface area contributed by atoms with Gasteiger partial charge in [0.1, 0.15) is 0 Å². The lowest BCUT2D eigenvalue weighted by Crippen LogP contribution is -2.44. The highest BCUT2D eigenvalue weighted by molar-refractivity contribution is 7.89. The Labute approximate surface area is 184 Å². The van der Waals surface area contributed by atoms with Crippen molar-refractivity contribution < 1.29 is 22.7 Å². The number of aryl methyl sites for hydroxylation is 1. The number of hydrogen-bond acceptors (Lipinski definition) is 5. The molecule has 1 aliphatic rings. The number of carbonyl (C=O) groups is 1. The second-order valence-electron chi connectivity index (χ2n) is 7.61. The number of rotatable bonds is 8. The number of nitrogens with zero attached hydrogens (tertiary/aromatic N) is 1. The summed E-state index contributed by atoms with van der Waals surface area (Å²) in [6.07, 6.45) is 4.72. The molecule has 1 heterocycles. The monoisotopic (exact) mass is 446 g/mol. The Morgan fingerprint density at radius 2 is 1.77 bits per heavy atom. The van der Waals surface area contributed by atoms with Crippen LogP contribution >= 0.6 is 0 Å². The zero-order valence-electron chi connectivity index (χ0n) is 18.3. The minimum Gasteiger partial charge on any atom is -0.493 e. The summed E-state index contributed by atoms with van der Waals surface area (Å²) in [6.45, 7) is 0.714. The number of piperidine rings is 1. The summed E-state index contributed by atoms with van der Waals surface area (Å²) in [5, 5.41) is 0. The van der Waals surface area contributed by atoms with Crippen LogP contribution in [0.1, 0.15) is 41.6 Å². The van der Waals surface area contributed by atoms with Gasteiger partial charge in [-0.1, -0.05) is 6.07 Å². The van der Waals surface area contributed by atoms with E-state index in [4.69, 9.17) is 9.47 Å². The molecule has 0 saturated carbocycles. The van der Waals surface area contributed by atoms with Gasteiger partial charge in [-0.05, 0) is 81.1 Å². The van der Waals surface area contributed by atoms with E-state index in [1.165, 1.54) is 19.2 Å². The molecular formula is C23H30N2O5S. The maximum Gasteiger partial charge on any atom is 0.254 e. The van der Waals surface area contributed by atoms with E-state index in [0.717, 1.165) is 37.7 Å². The third-order valence-corrected chi connectivity index (χ3v) is 7.21. The number of ether oxygens (including phenoxy) is 2. The predicted molar refractivity (Wildman–Crippen MR) is 119 cm³/mol. The van der Waals surface area contributed by atoms with Gasteiger partial charge in [0, 0.05) is 18.2 Å². The van der Waals surface area contributed by atoms with Gasteiger partial charge >= 0.3 is 0 Å². The molecule has 1 amide bonds. The van der Waals surface area contributed by atoms with E-state index in [0.29, 0.717) is 23.6 Å². The van der Waals surface area contributed by atoms with E-state index in [1.807, 2.05) is 23.1 Å². The predicted octanol–water partition coefficient (Wildman–Crippen LogP) is 3.24. The lowest BCUT2D eigenvalue weighted by molar-refractivity contribution is 0.0602. The second-order valence-corrected chi connectivity index (χ2v) is 9.49. The Morgan fingerprint density at radius 3 is 2.42 bits per heavy atom. The Balaban J connectivity index is 1.71. The summed E-state index contributed by atoms with van der Waals surface area (Å²) in [5.41, 5.74) is 1.64. The number of carbonyl (C=O) groups excluding carboxylic acids is 1. The molecule has 0 aromatic heterocycles. The van der Waals surface area contributed by atoms with E-state index in [2.05, 4.69) is 4.72 Å². The fraction of sp³-hybridized carbons (Fsp3) is 0.435. The van der Waals surface area contributed by atoms with Gasteiger partial charge < -0.3 is 14.4 Å². The molecule has 31 heavy (non-hydrogen) atoms. The molecule has 1 aliphatic heterocycles. The SMILES string of the molecule is CNS(=O)(=O)c1ccc(C(=O)N2CCCCC2CCc2ccc(OC)c(OC)c2)cc1. The lowest BCUT2D eigenvalue weighted by Gasteiger charge is -2.36. The third-order valence-electron chi connectivity index (χ3n) is 5.78. The standard InChI is InChI=1S/C23H30N2O5S/c1-24-31(27,28)20-12-9-18(10-13-20)23(26)25-15-5-4-6-19(25)11-7-17-8-14-21(29-2)22(16-17)30-3/h8-10,12-14,16,19,24H,4-7,11,15H2,1-3H3. The Kier molecular flexibility index (Phi) is 7.56. The molecule has 2 aromatic rings. The average Bonchev–Trinajstić information content (AvgIpc) is 2.82. The van der Waals surface area contributed by atoms with Gasteiger partial charge in [-0.15, -0.1) is 0 Å². The van der Waals surface area contributed by atoms with E-state index < -0.39 is 10.0 Å². The highest BCUT2D eigenvalue weighted by Crippen LogP contribution is 2.29. The van der Waals surface area contributed by atoms with E-state index in [9.17, 15) is 13.2 Å². The number of sulfonamides is 1. The smallest absolute Gasteiger partial charge is 0.254 e. The van der Waals surface area contributed by atoms with Crippen molar-refractivity contribution in [2.24, 2.45) is 0 Å². The van der Waals surface area contributed by atoms with Gasteiger partial charge in [0.25, 0.3) is 5.91 Å². The van der Waals surface area contributed by atoms with Crippen LogP contribution in [0.5, 0.6) is 11.5 Å². The third kappa shape index (κ3) is 5.37. The van der Waals surface area contributed by atoms with Gasteiger partial charge in [0.15, 0.2) is 11.5 Å². The van der Waals surface area contributed by atoms with Crippen molar-refractivity contribution in [1.29, 1.82) is 0 Å². The molecule has 0 spiro atoms. The molecule has 1 atom stereocenters. The van der Waals surface area contributed by atoms with Gasteiger partial charge in [-0.25, -0.2) is 13.1 Å². The van der Waals surface area contributed by atoms with Crippen molar-refractivity contribution in [3.05, 3.63) is 53.6 Å². The highest BCUT2D eigenvalue weighted by Gasteiger charge is 2.27. The van der Waals surface area contributed by atoms with E-state index in [-0.39, 0.29) is 16.8 Å². The minimum atomic E-state index is -3.52. The molecule has 2 aromatic carbocycles. The maximum absolute atomic E-state index is 13.2. The number of benzene rings is 2. The topological polar surface area (TPSA) is 84.9 Å². The summed E-state index contributed by atoms with van der Waals surface area (Å²) >= 11 is 0. The molecule has 1 N–H and O–H groups in total. The number of likely N-dealkylation sites (tertiary alicyclic amines) is 1. The Morgan fingerprint density at radius 1 is 1.06 bits per heavy atom. The molecule has 1 unspecified atom stereocenters. The molecule has 3 rings (SSSR count). The Bertz CT molecular complexity index is 1010. The van der Waals surface area contributed by atoms with Gasteiger partial charge in [-0.2, -0.15) is 0 Å². The van der Waals surface area contributed by atoms with Crippen LogP contribution in [0.15, 0.2) is 47.4 Å². The van der Waals surface area contributed by atoms with Crippen LogP contribution < -0.4 is 14.2 Å². The number of amides is 1. The van der Waals surface area contributed by atoms with Crippen molar-refractivity contribution in [3.63, 3.8) is 0 Å². The minimum absolute atomic E-state index is 0.0505. The summed E-state index contributed by atoms with van der Waals surface area (Å²) in [7, 11) is 1.08. The molecule has 0 aliphatic carbocycles. The normalized spacial score (nSPS) is 16.7. The molecule has 0 radical (unpaired) electrons. The summed E-state index contributed by atoms with van der Waals surface area (Å²) in [5.74, 6) is 1.35. The van der Waals surface area contributed by atoms with Crippen molar-refractivity contribution in [2.75, 3.05) is 27.8 Å².